The van der Waals surface area contributed by atoms with E-state index in [0.717, 1.165) is 34.7 Å². The number of benzene rings is 1. The van der Waals surface area contributed by atoms with Crippen LogP contribution in [0.3, 0.4) is 0 Å². The summed E-state index contributed by atoms with van der Waals surface area (Å²) in [7, 11) is 1.84. The number of H-pyrrole nitrogens is 1. The highest BCUT2D eigenvalue weighted by molar-refractivity contribution is 7.98. The molecule has 1 aliphatic rings. The molecule has 6 heteroatoms. The molecule has 0 aliphatic carbocycles. The average molecular weight is 345 g/mol. The molecule has 3 rings (SSSR count). The van der Waals surface area contributed by atoms with Gasteiger partial charge in [0.25, 0.3) is 0 Å². The zero-order valence-electron chi connectivity index (χ0n) is 14.3. The number of carbonyl (C=O) groups excluding carboxylic acids is 1. The molecule has 2 aromatic rings. The van der Waals surface area contributed by atoms with Crippen LogP contribution in [0.4, 0.5) is 5.69 Å². The van der Waals surface area contributed by atoms with Gasteiger partial charge in [-0.3, -0.25) is 9.89 Å². The molecule has 24 heavy (non-hydrogen) atoms. The molecule has 1 aromatic carbocycles. The first kappa shape index (κ1) is 17.0. The molecule has 0 saturated heterocycles. The second-order valence-electron chi connectivity index (χ2n) is 6.14. The number of carbonyl (C=O) groups is 1. The minimum atomic E-state index is 0.175. The number of aromatic amines is 1. The van der Waals surface area contributed by atoms with Crippen molar-refractivity contribution in [1.82, 2.24) is 10.2 Å². The summed E-state index contributed by atoms with van der Waals surface area (Å²) < 4.78 is 5.90. The Bertz CT molecular complexity index is 729. The molecule has 0 fully saturated rings. The van der Waals surface area contributed by atoms with Crippen LogP contribution in [-0.2, 0) is 22.6 Å². The second kappa shape index (κ2) is 7.40. The van der Waals surface area contributed by atoms with Crippen molar-refractivity contribution in [2.75, 3.05) is 24.0 Å². The minimum absolute atomic E-state index is 0.175. The number of aryl methyl sites for hydroxylation is 1. The zero-order chi connectivity index (χ0) is 17.1. The summed E-state index contributed by atoms with van der Waals surface area (Å²) in [6.07, 6.45) is 5.48. The van der Waals surface area contributed by atoms with Gasteiger partial charge < -0.3 is 9.64 Å². The van der Waals surface area contributed by atoms with Crippen LogP contribution in [0.5, 0.6) is 0 Å². The maximum absolute atomic E-state index is 11.8. The van der Waals surface area contributed by atoms with E-state index in [9.17, 15) is 4.79 Å². The van der Waals surface area contributed by atoms with Crippen LogP contribution in [-0.4, -0.2) is 41.3 Å². The molecule has 0 radical (unpaired) electrons. The number of hydrogen-bond donors (Lipinski definition) is 1. The Morgan fingerprint density at radius 3 is 3.04 bits per heavy atom. The topological polar surface area (TPSA) is 58.2 Å². The Morgan fingerprint density at radius 1 is 1.42 bits per heavy atom. The lowest BCUT2D eigenvalue weighted by molar-refractivity contribution is -0.118. The Kier molecular flexibility index (Phi) is 5.26. The van der Waals surface area contributed by atoms with Gasteiger partial charge in [0.05, 0.1) is 24.6 Å². The van der Waals surface area contributed by atoms with Crippen LogP contribution < -0.4 is 4.90 Å². The highest BCUT2D eigenvalue weighted by Crippen LogP contribution is 2.32. The first-order valence-corrected chi connectivity index (χ1v) is 9.52. The van der Waals surface area contributed by atoms with Crippen molar-refractivity contribution in [2.24, 2.45) is 0 Å². The standard InChI is InChI=1S/C18H23N3O2S/c1-12(11-24-3)23-10-15-9-19-20-18(15)14-4-6-16-13(8-14)5-7-17(22)21(16)2/h4,6,8-9,12H,5,7,10-11H2,1-3H3,(H,19,20). The number of ether oxygens (including phenoxy) is 1. The fraction of sp³-hybridized carbons (Fsp3) is 0.444. The molecule has 1 N–H and O–H groups in total. The van der Waals surface area contributed by atoms with Gasteiger partial charge in [-0.2, -0.15) is 16.9 Å². The van der Waals surface area contributed by atoms with Gasteiger partial charge in [-0.05, 0) is 37.3 Å². The van der Waals surface area contributed by atoms with E-state index in [0.29, 0.717) is 13.0 Å². The summed E-state index contributed by atoms with van der Waals surface area (Å²) in [5, 5.41) is 7.28. The van der Waals surface area contributed by atoms with Crippen LogP contribution in [0.1, 0.15) is 24.5 Å². The third-order valence-electron chi connectivity index (χ3n) is 4.35. The third kappa shape index (κ3) is 3.49. The highest BCUT2D eigenvalue weighted by Gasteiger charge is 2.21. The Balaban J connectivity index is 1.81. The number of thioether (sulfide) groups is 1. The fourth-order valence-electron chi connectivity index (χ4n) is 3.00. The number of nitrogens with zero attached hydrogens (tertiary/aromatic N) is 2. The van der Waals surface area contributed by atoms with Crippen molar-refractivity contribution in [3.8, 4) is 11.3 Å². The van der Waals surface area contributed by atoms with Crippen molar-refractivity contribution in [1.29, 1.82) is 0 Å². The lowest BCUT2D eigenvalue weighted by Crippen LogP contribution is -2.30. The van der Waals surface area contributed by atoms with Gasteiger partial charge in [-0.1, -0.05) is 6.07 Å². The Labute approximate surface area is 146 Å². The molecule has 2 heterocycles. The number of hydrogen-bond acceptors (Lipinski definition) is 4. The van der Waals surface area contributed by atoms with Gasteiger partial charge >= 0.3 is 0 Å². The summed E-state index contributed by atoms with van der Waals surface area (Å²) in [6.45, 7) is 2.63. The Hall–Kier alpha value is -1.79. The largest absolute Gasteiger partial charge is 0.373 e. The van der Waals surface area contributed by atoms with Crippen molar-refractivity contribution in [2.45, 2.75) is 32.5 Å². The van der Waals surface area contributed by atoms with Crippen molar-refractivity contribution in [3.05, 3.63) is 35.5 Å². The molecule has 1 unspecified atom stereocenters. The quantitative estimate of drug-likeness (QED) is 0.873. The smallest absolute Gasteiger partial charge is 0.227 e. The zero-order valence-corrected chi connectivity index (χ0v) is 15.2. The summed E-state index contributed by atoms with van der Waals surface area (Å²) >= 11 is 1.78. The molecule has 0 spiro atoms. The highest BCUT2D eigenvalue weighted by atomic mass is 32.2. The lowest BCUT2D eigenvalue weighted by atomic mass is 9.97. The molecule has 0 saturated carbocycles. The van der Waals surface area contributed by atoms with Gasteiger partial charge in [-0.25, -0.2) is 0 Å². The van der Waals surface area contributed by atoms with Crippen molar-refractivity contribution in [3.63, 3.8) is 0 Å². The summed E-state index contributed by atoms with van der Waals surface area (Å²) in [6, 6.07) is 6.21. The molecule has 1 aromatic heterocycles. The van der Waals surface area contributed by atoms with Crippen LogP contribution >= 0.6 is 11.8 Å². The van der Waals surface area contributed by atoms with Crippen molar-refractivity contribution < 1.29 is 9.53 Å². The second-order valence-corrected chi connectivity index (χ2v) is 7.05. The molecule has 1 amide bonds. The number of nitrogens with one attached hydrogen (secondary N) is 1. The average Bonchev–Trinajstić information content (AvgIpc) is 3.05. The van der Waals surface area contributed by atoms with Crippen LogP contribution in [0.2, 0.25) is 0 Å². The maximum atomic E-state index is 11.8. The number of amides is 1. The molecule has 128 valence electrons. The van der Waals surface area contributed by atoms with E-state index in [1.807, 2.05) is 25.4 Å². The Morgan fingerprint density at radius 2 is 2.25 bits per heavy atom. The molecule has 0 bridgehead atoms. The van der Waals surface area contributed by atoms with E-state index >= 15 is 0 Å². The van der Waals surface area contributed by atoms with Gasteiger partial charge in [0, 0.05) is 36.0 Å². The lowest BCUT2D eigenvalue weighted by Gasteiger charge is -2.26. The van der Waals surface area contributed by atoms with Crippen LogP contribution in [0.15, 0.2) is 24.4 Å². The van der Waals surface area contributed by atoms with Gasteiger partial charge in [0.15, 0.2) is 0 Å². The molecular formula is C18H23N3O2S. The minimum Gasteiger partial charge on any atom is -0.373 e. The van der Waals surface area contributed by atoms with Gasteiger partial charge in [-0.15, -0.1) is 0 Å². The maximum Gasteiger partial charge on any atom is 0.227 e. The van der Waals surface area contributed by atoms with Gasteiger partial charge in [0.1, 0.15) is 0 Å². The van der Waals surface area contributed by atoms with E-state index in [-0.39, 0.29) is 12.0 Å². The summed E-state index contributed by atoms with van der Waals surface area (Å²) in [5.41, 5.74) is 5.34. The SMILES string of the molecule is CSCC(C)OCc1cn[nH]c1-c1ccc2c(c1)CCC(=O)N2C. The van der Waals surface area contributed by atoms with E-state index in [4.69, 9.17) is 4.74 Å². The van der Waals surface area contributed by atoms with Crippen LogP contribution in [0, 0.1) is 0 Å². The number of aromatic nitrogens is 2. The molecule has 5 nitrogen and oxygen atoms in total. The van der Waals surface area contributed by atoms with E-state index in [1.54, 1.807) is 16.7 Å². The predicted molar refractivity (Wildman–Crippen MR) is 98.4 cm³/mol. The normalized spacial score (nSPS) is 15.5. The van der Waals surface area contributed by atoms with Gasteiger partial charge in [0.2, 0.25) is 5.91 Å². The van der Waals surface area contributed by atoms with E-state index in [2.05, 4.69) is 29.4 Å². The first-order chi connectivity index (χ1) is 11.6. The van der Waals surface area contributed by atoms with E-state index in [1.165, 1.54) is 5.56 Å². The molecular weight excluding hydrogens is 322 g/mol. The predicted octanol–water partition coefficient (Wildman–Crippen LogP) is 3.25. The monoisotopic (exact) mass is 345 g/mol. The molecule has 1 atom stereocenters. The fourth-order valence-corrected chi connectivity index (χ4v) is 3.56. The summed E-state index contributed by atoms with van der Waals surface area (Å²) in [4.78, 5) is 13.6. The third-order valence-corrected chi connectivity index (χ3v) is 5.16. The first-order valence-electron chi connectivity index (χ1n) is 8.12. The number of fused-ring (bicyclic) bond motifs is 1. The van der Waals surface area contributed by atoms with Crippen LogP contribution in [0.25, 0.3) is 11.3 Å². The number of anilines is 1. The summed E-state index contributed by atoms with van der Waals surface area (Å²) in [5.74, 6) is 1.15. The van der Waals surface area contributed by atoms with Crippen molar-refractivity contribution >= 4 is 23.4 Å². The number of rotatable bonds is 6. The molecule has 1 aliphatic heterocycles. The van der Waals surface area contributed by atoms with E-state index < -0.39 is 0 Å².